The number of nitrogens with zero attached hydrogens (tertiary/aromatic N) is 2. The lowest BCUT2D eigenvalue weighted by Gasteiger charge is -2.34. The van der Waals surface area contributed by atoms with E-state index in [9.17, 15) is 4.39 Å². The van der Waals surface area contributed by atoms with Crippen LogP contribution in [0.25, 0.3) is 0 Å². The predicted octanol–water partition coefficient (Wildman–Crippen LogP) is 0.944. The predicted molar refractivity (Wildman–Crippen MR) is 71.8 cm³/mol. The molecule has 1 N–H and O–H groups in total. The Balaban J connectivity index is 1.88. The fourth-order valence-corrected chi connectivity index (χ4v) is 2.34. The van der Waals surface area contributed by atoms with Crippen LogP contribution in [0, 0.1) is 5.82 Å². The third-order valence-corrected chi connectivity index (χ3v) is 3.54. The first-order chi connectivity index (χ1) is 9.22. The summed E-state index contributed by atoms with van der Waals surface area (Å²) >= 11 is 0. The van der Waals surface area contributed by atoms with E-state index in [2.05, 4.69) is 9.80 Å². The molecule has 5 heteroatoms. The molecule has 0 unspecified atom stereocenters. The summed E-state index contributed by atoms with van der Waals surface area (Å²) in [5.74, 6) is 0.339. The lowest BCUT2D eigenvalue weighted by Crippen LogP contribution is -2.46. The summed E-state index contributed by atoms with van der Waals surface area (Å²) in [4.78, 5) is 4.46. The van der Waals surface area contributed by atoms with E-state index >= 15 is 0 Å². The summed E-state index contributed by atoms with van der Waals surface area (Å²) in [7, 11) is 1.54. The van der Waals surface area contributed by atoms with Crippen LogP contribution in [0.15, 0.2) is 18.2 Å². The smallest absolute Gasteiger partial charge is 0.131 e. The van der Waals surface area contributed by atoms with E-state index in [0.29, 0.717) is 17.9 Å². The van der Waals surface area contributed by atoms with E-state index in [1.165, 1.54) is 13.2 Å². The van der Waals surface area contributed by atoms with Crippen LogP contribution in [0.5, 0.6) is 5.75 Å². The fourth-order valence-electron chi connectivity index (χ4n) is 2.34. The van der Waals surface area contributed by atoms with Gasteiger partial charge in [-0.3, -0.25) is 9.80 Å². The molecule has 0 saturated carbocycles. The number of ether oxygens (including phenoxy) is 1. The van der Waals surface area contributed by atoms with Gasteiger partial charge in [0.2, 0.25) is 0 Å². The minimum Gasteiger partial charge on any atom is -0.497 e. The van der Waals surface area contributed by atoms with E-state index in [4.69, 9.17) is 9.84 Å². The molecule has 106 valence electrons. The van der Waals surface area contributed by atoms with Crippen LogP contribution in [0.1, 0.15) is 5.56 Å². The molecule has 1 aromatic carbocycles. The van der Waals surface area contributed by atoms with Crippen molar-refractivity contribution in [3.05, 3.63) is 29.6 Å². The Hall–Kier alpha value is -1.17. The summed E-state index contributed by atoms with van der Waals surface area (Å²) in [6.07, 6.45) is 0. The van der Waals surface area contributed by atoms with Crippen LogP contribution in [-0.2, 0) is 6.54 Å². The second kappa shape index (κ2) is 6.84. The number of aliphatic hydroxyl groups excluding tert-OH is 1. The number of rotatable bonds is 5. The number of aliphatic hydroxyl groups is 1. The van der Waals surface area contributed by atoms with Crippen molar-refractivity contribution < 1.29 is 14.2 Å². The SMILES string of the molecule is COc1ccc(CN2CCN(CCO)CC2)c(F)c1. The largest absolute Gasteiger partial charge is 0.497 e. The Morgan fingerprint density at radius 3 is 2.47 bits per heavy atom. The zero-order chi connectivity index (χ0) is 13.7. The van der Waals surface area contributed by atoms with Gasteiger partial charge in [0.25, 0.3) is 0 Å². The van der Waals surface area contributed by atoms with Gasteiger partial charge in [-0.1, -0.05) is 6.07 Å². The average Bonchev–Trinajstić information content (AvgIpc) is 2.43. The number of piperazine rings is 1. The van der Waals surface area contributed by atoms with Crippen molar-refractivity contribution in [2.75, 3.05) is 46.4 Å². The number of halogens is 1. The number of methoxy groups -OCH3 is 1. The Morgan fingerprint density at radius 1 is 1.21 bits per heavy atom. The third kappa shape index (κ3) is 3.89. The van der Waals surface area contributed by atoms with Crippen molar-refractivity contribution >= 4 is 0 Å². The van der Waals surface area contributed by atoms with Crippen molar-refractivity contribution in [2.24, 2.45) is 0 Å². The minimum absolute atomic E-state index is 0.201. The van der Waals surface area contributed by atoms with Crippen LogP contribution in [0.4, 0.5) is 4.39 Å². The molecule has 0 spiro atoms. The molecular formula is C14H21FN2O2. The Labute approximate surface area is 113 Å². The Bertz CT molecular complexity index is 406. The summed E-state index contributed by atoms with van der Waals surface area (Å²) < 4.78 is 18.8. The lowest BCUT2D eigenvalue weighted by atomic mass is 10.1. The van der Waals surface area contributed by atoms with Crippen LogP contribution < -0.4 is 4.74 Å². The molecule has 4 nitrogen and oxygen atoms in total. The highest BCUT2D eigenvalue weighted by atomic mass is 19.1. The zero-order valence-corrected chi connectivity index (χ0v) is 11.3. The van der Waals surface area contributed by atoms with Gasteiger partial charge in [-0.15, -0.1) is 0 Å². The average molecular weight is 268 g/mol. The van der Waals surface area contributed by atoms with Gasteiger partial charge >= 0.3 is 0 Å². The standard InChI is InChI=1S/C14H21FN2O2/c1-19-13-3-2-12(14(15)10-13)11-17-6-4-16(5-7-17)8-9-18/h2-3,10,18H,4-9,11H2,1H3. The Kier molecular flexibility index (Phi) is 5.13. The molecule has 0 aliphatic carbocycles. The van der Waals surface area contributed by atoms with Crippen LogP contribution in [0.2, 0.25) is 0 Å². The van der Waals surface area contributed by atoms with Gasteiger partial charge in [-0.2, -0.15) is 0 Å². The maximum atomic E-state index is 13.8. The molecule has 1 aliphatic rings. The molecule has 0 amide bonds. The molecule has 1 heterocycles. The van der Waals surface area contributed by atoms with Gasteiger partial charge in [0.05, 0.1) is 13.7 Å². The summed E-state index contributed by atoms with van der Waals surface area (Å²) in [6, 6.07) is 5.01. The van der Waals surface area contributed by atoms with Crippen LogP contribution in [0.3, 0.4) is 0 Å². The van der Waals surface area contributed by atoms with Gasteiger partial charge in [0.15, 0.2) is 0 Å². The molecule has 1 saturated heterocycles. The number of benzene rings is 1. The van der Waals surface area contributed by atoms with Gasteiger partial charge < -0.3 is 9.84 Å². The first-order valence-corrected chi connectivity index (χ1v) is 6.61. The molecule has 2 rings (SSSR count). The third-order valence-electron chi connectivity index (χ3n) is 3.54. The Morgan fingerprint density at radius 2 is 1.89 bits per heavy atom. The van der Waals surface area contributed by atoms with Crippen molar-refractivity contribution in [1.82, 2.24) is 9.80 Å². The molecule has 1 aromatic rings. The maximum Gasteiger partial charge on any atom is 0.131 e. The molecule has 0 radical (unpaired) electrons. The number of hydrogen-bond acceptors (Lipinski definition) is 4. The first kappa shape index (κ1) is 14.2. The quantitative estimate of drug-likeness (QED) is 0.862. The number of hydrogen-bond donors (Lipinski definition) is 1. The first-order valence-electron chi connectivity index (χ1n) is 6.61. The van der Waals surface area contributed by atoms with E-state index < -0.39 is 0 Å². The van der Waals surface area contributed by atoms with Gasteiger partial charge in [0.1, 0.15) is 11.6 Å². The van der Waals surface area contributed by atoms with E-state index in [1.54, 1.807) is 12.1 Å². The van der Waals surface area contributed by atoms with Gasteiger partial charge in [-0.05, 0) is 6.07 Å². The zero-order valence-electron chi connectivity index (χ0n) is 11.3. The normalized spacial score (nSPS) is 17.6. The second-order valence-electron chi connectivity index (χ2n) is 4.80. The molecule has 1 fully saturated rings. The van der Waals surface area contributed by atoms with E-state index in [0.717, 1.165) is 32.7 Å². The van der Waals surface area contributed by atoms with Crippen LogP contribution >= 0.6 is 0 Å². The van der Waals surface area contributed by atoms with Crippen molar-refractivity contribution in [2.45, 2.75) is 6.54 Å². The van der Waals surface area contributed by atoms with Crippen molar-refractivity contribution in [1.29, 1.82) is 0 Å². The van der Waals surface area contributed by atoms with Crippen LogP contribution in [-0.4, -0.2) is 61.3 Å². The maximum absolute atomic E-state index is 13.8. The topological polar surface area (TPSA) is 35.9 Å². The lowest BCUT2D eigenvalue weighted by molar-refractivity contribution is 0.108. The van der Waals surface area contributed by atoms with Gasteiger partial charge in [-0.25, -0.2) is 4.39 Å². The van der Waals surface area contributed by atoms with E-state index in [-0.39, 0.29) is 12.4 Å². The molecular weight excluding hydrogens is 247 g/mol. The molecule has 0 bridgehead atoms. The summed E-state index contributed by atoms with van der Waals surface area (Å²) in [6.45, 7) is 5.23. The van der Waals surface area contributed by atoms with Crippen molar-refractivity contribution in [3.63, 3.8) is 0 Å². The molecule has 0 atom stereocenters. The molecule has 0 aromatic heterocycles. The highest BCUT2D eigenvalue weighted by Crippen LogP contribution is 2.18. The van der Waals surface area contributed by atoms with Gasteiger partial charge in [0, 0.05) is 50.9 Å². The second-order valence-corrected chi connectivity index (χ2v) is 4.80. The monoisotopic (exact) mass is 268 g/mol. The minimum atomic E-state index is -0.211. The molecule has 19 heavy (non-hydrogen) atoms. The summed E-state index contributed by atoms with van der Waals surface area (Å²) in [5, 5.41) is 8.89. The molecule has 1 aliphatic heterocycles. The summed E-state index contributed by atoms with van der Waals surface area (Å²) in [5.41, 5.74) is 0.705. The van der Waals surface area contributed by atoms with E-state index in [1.807, 2.05) is 0 Å². The highest BCUT2D eigenvalue weighted by Gasteiger charge is 2.17. The fraction of sp³-hybridized carbons (Fsp3) is 0.571. The van der Waals surface area contributed by atoms with Crippen molar-refractivity contribution in [3.8, 4) is 5.75 Å². The highest BCUT2D eigenvalue weighted by molar-refractivity contribution is 5.28. The number of β-amino-alcohol motifs (C(OH)–C–C–N with tert-alkyl or cyclic N) is 1.